The minimum absolute atomic E-state index is 0.121. The van der Waals surface area contributed by atoms with Crippen LogP contribution in [0.4, 0.5) is 16.0 Å². The summed E-state index contributed by atoms with van der Waals surface area (Å²) in [6, 6.07) is 3.94. The number of rotatable bonds is 10. The van der Waals surface area contributed by atoms with Gasteiger partial charge in [0.1, 0.15) is 5.82 Å². The molecule has 1 saturated heterocycles. The van der Waals surface area contributed by atoms with Crippen LogP contribution >= 0.6 is 0 Å². The van der Waals surface area contributed by atoms with Crippen LogP contribution in [0, 0.1) is 24.6 Å². The summed E-state index contributed by atoms with van der Waals surface area (Å²) in [5.74, 6) is -0.663. The lowest BCUT2D eigenvalue weighted by atomic mass is 9.92. The van der Waals surface area contributed by atoms with Gasteiger partial charge in [0.2, 0.25) is 18.1 Å². The quantitative estimate of drug-likeness (QED) is 0.267. The summed E-state index contributed by atoms with van der Waals surface area (Å²) in [6.07, 6.45) is 9.44. The molecule has 1 unspecified atom stereocenters. The number of aryl methyl sites for hydroxylation is 1. The van der Waals surface area contributed by atoms with E-state index in [-0.39, 0.29) is 30.5 Å². The minimum Gasteiger partial charge on any atom is -0.353 e. The summed E-state index contributed by atoms with van der Waals surface area (Å²) in [5, 5.41) is 10.1. The Morgan fingerprint density at radius 1 is 1.29 bits per heavy atom. The molecule has 35 heavy (non-hydrogen) atoms. The highest BCUT2D eigenvalue weighted by atomic mass is 19.1. The molecule has 10 nitrogen and oxygen atoms in total. The van der Waals surface area contributed by atoms with Crippen LogP contribution in [0.15, 0.2) is 24.5 Å². The van der Waals surface area contributed by atoms with E-state index in [2.05, 4.69) is 25.8 Å². The van der Waals surface area contributed by atoms with Crippen LogP contribution in [0.1, 0.15) is 55.8 Å². The lowest BCUT2D eigenvalue weighted by Crippen LogP contribution is -2.41. The average molecular weight is 486 g/mol. The van der Waals surface area contributed by atoms with Gasteiger partial charge >= 0.3 is 0 Å². The van der Waals surface area contributed by atoms with Gasteiger partial charge in [-0.2, -0.15) is 4.39 Å². The third kappa shape index (κ3) is 6.21. The standard InChI is InChI=1S/C24H32FN7O3/c1-16-27-22(29-30-24(34)20(14-32(35)15-33)12-17-4-2-3-5-17)21(25)23(28-16)31-11-8-19(13-31)18-6-9-26-10-7-18/h6-7,9-10,15,17,19-20,35H,2-5,8,11-14H2,1H3,(H,30,34)(H,27,28,29)/t19?,20-/m0/s1. The minimum atomic E-state index is -0.643. The second-order valence-electron chi connectivity index (χ2n) is 9.39. The van der Waals surface area contributed by atoms with E-state index < -0.39 is 17.6 Å². The molecule has 0 spiro atoms. The fourth-order valence-electron chi connectivity index (χ4n) is 5.10. The highest BCUT2D eigenvalue weighted by Gasteiger charge is 2.30. The van der Waals surface area contributed by atoms with Crippen molar-refractivity contribution >= 4 is 24.0 Å². The molecule has 0 radical (unpaired) electrons. The molecule has 188 valence electrons. The number of hydrogen-bond donors (Lipinski definition) is 3. The number of carbonyl (C=O) groups is 2. The zero-order chi connectivity index (χ0) is 24.8. The Kier molecular flexibility index (Phi) is 8.06. The second-order valence-corrected chi connectivity index (χ2v) is 9.39. The van der Waals surface area contributed by atoms with Crippen LogP contribution < -0.4 is 15.8 Å². The smallest absolute Gasteiger partial charge is 0.243 e. The Morgan fingerprint density at radius 2 is 2.03 bits per heavy atom. The number of halogens is 1. The molecule has 4 rings (SSSR count). The number of nitrogens with one attached hydrogen (secondary N) is 2. The Morgan fingerprint density at radius 3 is 2.74 bits per heavy atom. The van der Waals surface area contributed by atoms with Gasteiger partial charge < -0.3 is 4.90 Å². The first kappa shape index (κ1) is 24.8. The molecule has 2 aliphatic rings. The van der Waals surface area contributed by atoms with Gasteiger partial charge in [-0.3, -0.25) is 30.6 Å². The van der Waals surface area contributed by atoms with Crippen LogP contribution in [0.3, 0.4) is 0 Å². The van der Waals surface area contributed by atoms with Crippen molar-refractivity contribution in [3.8, 4) is 0 Å². The molecule has 1 saturated carbocycles. The summed E-state index contributed by atoms with van der Waals surface area (Å²) in [4.78, 5) is 38.2. The third-order valence-corrected chi connectivity index (χ3v) is 6.91. The Bertz CT molecular complexity index is 1020. The maximum absolute atomic E-state index is 15.4. The molecule has 0 aromatic carbocycles. The monoisotopic (exact) mass is 485 g/mol. The zero-order valence-corrected chi connectivity index (χ0v) is 19.9. The van der Waals surface area contributed by atoms with Gasteiger partial charge in [0, 0.05) is 31.4 Å². The number of aromatic nitrogens is 3. The third-order valence-electron chi connectivity index (χ3n) is 6.91. The fraction of sp³-hybridized carbons (Fsp3) is 0.542. The van der Waals surface area contributed by atoms with Gasteiger partial charge in [0.05, 0.1) is 12.5 Å². The Balaban J connectivity index is 1.43. The predicted molar refractivity (Wildman–Crippen MR) is 127 cm³/mol. The number of amides is 2. The lowest BCUT2D eigenvalue weighted by Gasteiger charge is -2.23. The number of carbonyl (C=O) groups excluding carboxylic acids is 2. The van der Waals surface area contributed by atoms with Crippen molar-refractivity contribution in [3.05, 3.63) is 41.7 Å². The highest BCUT2D eigenvalue weighted by molar-refractivity contribution is 5.80. The molecular formula is C24H32FN7O3. The van der Waals surface area contributed by atoms with Crippen LogP contribution in [0.25, 0.3) is 0 Å². The normalized spacial score (nSPS) is 18.9. The summed E-state index contributed by atoms with van der Waals surface area (Å²) >= 11 is 0. The van der Waals surface area contributed by atoms with Gasteiger partial charge in [-0.15, -0.1) is 0 Å². The van der Waals surface area contributed by atoms with Crippen molar-refractivity contribution in [2.45, 2.75) is 51.4 Å². The van der Waals surface area contributed by atoms with Crippen LogP contribution in [-0.4, -0.2) is 57.2 Å². The number of hydrazine groups is 1. The van der Waals surface area contributed by atoms with E-state index in [9.17, 15) is 14.8 Å². The summed E-state index contributed by atoms with van der Waals surface area (Å²) in [7, 11) is 0. The van der Waals surface area contributed by atoms with E-state index in [0.29, 0.717) is 36.3 Å². The van der Waals surface area contributed by atoms with Gasteiger partial charge in [-0.25, -0.2) is 15.0 Å². The van der Waals surface area contributed by atoms with Gasteiger partial charge in [-0.05, 0) is 43.4 Å². The molecular weight excluding hydrogens is 453 g/mol. The molecule has 11 heteroatoms. The Hall–Kier alpha value is -3.34. The topological polar surface area (TPSA) is 124 Å². The predicted octanol–water partition coefficient (Wildman–Crippen LogP) is 2.80. The maximum atomic E-state index is 15.4. The molecule has 2 fully saturated rings. The zero-order valence-electron chi connectivity index (χ0n) is 19.9. The van der Waals surface area contributed by atoms with E-state index in [1.54, 1.807) is 19.3 Å². The van der Waals surface area contributed by atoms with E-state index in [0.717, 1.165) is 37.7 Å². The van der Waals surface area contributed by atoms with Crippen molar-refractivity contribution < 1.29 is 19.2 Å². The van der Waals surface area contributed by atoms with Gasteiger partial charge in [0.25, 0.3) is 0 Å². The highest BCUT2D eigenvalue weighted by Crippen LogP contribution is 2.33. The van der Waals surface area contributed by atoms with Gasteiger partial charge in [-0.1, -0.05) is 25.7 Å². The molecule has 2 aromatic heterocycles. The fourth-order valence-corrected chi connectivity index (χ4v) is 5.10. The van der Waals surface area contributed by atoms with E-state index in [1.165, 1.54) is 0 Å². The van der Waals surface area contributed by atoms with E-state index in [4.69, 9.17) is 0 Å². The number of hydrogen-bond acceptors (Lipinski definition) is 8. The molecule has 1 aliphatic carbocycles. The van der Waals surface area contributed by atoms with E-state index >= 15 is 4.39 Å². The summed E-state index contributed by atoms with van der Waals surface area (Å²) < 4.78 is 15.4. The largest absolute Gasteiger partial charge is 0.353 e. The van der Waals surface area contributed by atoms with Crippen molar-refractivity contribution in [3.63, 3.8) is 0 Å². The van der Waals surface area contributed by atoms with E-state index in [1.807, 2.05) is 17.0 Å². The van der Waals surface area contributed by atoms with Crippen LogP contribution in [0.5, 0.6) is 0 Å². The first-order chi connectivity index (χ1) is 16.9. The molecule has 1 aliphatic heterocycles. The lowest BCUT2D eigenvalue weighted by molar-refractivity contribution is -0.154. The van der Waals surface area contributed by atoms with Crippen molar-refractivity contribution in [1.29, 1.82) is 0 Å². The van der Waals surface area contributed by atoms with Crippen molar-refractivity contribution in [1.82, 2.24) is 25.4 Å². The average Bonchev–Trinajstić information content (AvgIpc) is 3.56. The SMILES string of the molecule is Cc1nc(NNC(=O)[C@@H](CC2CCCC2)CN(O)C=O)c(F)c(N2CCC(c3ccncc3)C2)n1. The number of anilines is 2. The molecule has 0 bridgehead atoms. The summed E-state index contributed by atoms with van der Waals surface area (Å²) in [6.45, 7) is 2.80. The number of nitrogens with zero attached hydrogens (tertiary/aromatic N) is 5. The first-order valence-corrected chi connectivity index (χ1v) is 12.1. The Labute approximate surface area is 203 Å². The molecule has 2 atom stereocenters. The molecule has 2 amide bonds. The van der Waals surface area contributed by atoms with Crippen LogP contribution in [0.2, 0.25) is 0 Å². The maximum Gasteiger partial charge on any atom is 0.243 e. The molecule has 3 heterocycles. The number of hydroxylamine groups is 2. The second kappa shape index (κ2) is 11.4. The summed E-state index contributed by atoms with van der Waals surface area (Å²) in [5.41, 5.74) is 6.29. The number of pyridine rings is 1. The molecule has 2 aromatic rings. The van der Waals surface area contributed by atoms with Crippen LogP contribution in [-0.2, 0) is 9.59 Å². The first-order valence-electron chi connectivity index (χ1n) is 12.1. The van der Waals surface area contributed by atoms with Crippen molar-refractivity contribution in [2.24, 2.45) is 11.8 Å². The van der Waals surface area contributed by atoms with Gasteiger partial charge in [0.15, 0.2) is 11.6 Å². The van der Waals surface area contributed by atoms with Crippen molar-refractivity contribution in [2.75, 3.05) is 30.0 Å². The molecule has 3 N–H and O–H groups in total.